The van der Waals surface area contributed by atoms with Crippen LogP contribution in [0.3, 0.4) is 0 Å². The van der Waals surface area contributed by atoms with E-state index in [1.54, 1.807) is 0 Å². The molecule has 4 heterocycles. The lowest BCUT2D eigenvalue weighted by Gasteiger charge is -2.22. The van der Waals surface area contributed by atoms with Crippen LogP contribution in [-0.4, -0.2) is 29.8 Å². The summed E-state index contributed by atoms with van der Waals surface area (Å²) in [5, 5.41) is 18.1. The number of fused-ring (bicyclic) bond motifs is 4. The van der Waals surface area contributed by atoms with Crippen molar-refractivity contribution in [2.45, 2.75) is 25.9 Å². The Balaban J connectivity index is 1.50. The molecule has 1 unspecified atom stereocenters. The molecule has 0 spiro atoms. The second-order valence-corrected chi connectivity index (χ2v) is 8.18. The minimum Gasteiger partial charge on any atom is -0.378 e. The molecule has 1 aliphatic rings. The zero-order chi connectivity index (χ0) is 20.9. The van der Waals surface area contributed by atoms with Crippen LogP contribution in [0.15, 0.2) is 61.1 Å². The Morgan fingerprint density at radius 3 is 2.94 bits per heavy atom. The van der Waals surface area contributed by atoms with Gasteiger partial charge < -0.3 is 10.3 Å². The average Bonchev–Trinajstić information content (AvgIpc) is 3.49. The maximum Gasteiger partial charge on any atom is 0.0918 e. The highest BCUT2D eigenvalue weighted by molar-refractivity contribution is 5.92. The number of nitrogens with zero attached hydrogens (tertiary/aromatic N) is 5. The lowest BCUT2D eigenvalue weighted by Crippen LogP contribution is -2.13. The maximum atomic E-state index is 4.40. The number of benzene rings is 2. The highest BCUT2D eigenvalue weighted by Gasteiger charge is 2.26. The standard InChI is InChI=1S/C24H23N7/c1-15-24-18-7-6-16(17-13-26-30(2)14-17)12-20(18)23(9-11-31(24)29-28-15)27-22-5-3-4-21-19(22)8-10-25-21/h3-8,10,12-14,23,25,27H,9,11H2,1-2H3. The number of aryl methyl sites for hydroxylation is 3. The van der Waals surface area contributed by atoms with Gasteiger partial charge in [-0.3, -0.25) is 4.68 Å². The van der Waals surface area contributed by atoms with Crippen molar-refractivity contribution in [1.29, 1.82) is 0 Å². The van der Waals surface area contributed by atoms with Crippen molar-refractivity contribution in [1.82, 2.24) is 29.8 Å². The first-order valence-corrected chi connectivity index (χ1v) is 10.5. The zero-order valence-electron chi connectivity index (χ0n) is 17.5. The third kappa shape index (κ3) is 2.92. The summed E-state index contributed by atoms with van der Waals surface area (Å²) in [5.74, 6) is 0. The highest BCUT2D eigenvalue weighted by Crippen LogP contribution is 2.39. The number of nitrogens with one attached hydrogen (secondary N) is 2. The van der Waals surface area contributed by atoms with E-state index < -0.39 is 0 Å². The number of hydrogen-bond donors (Lipinski definition) is 2. The second kappa shape index (κ2) is 6.84. The summed E-state index contributed by atoms with van der Waals surface area (Å²) < 4.78 is 3.88. The van der Waals surface area contributed by atoms with Crippen molar-refractivity contribution in [2.24, 2.45) is 7.05 Å². The topological polar surface area (TPSA) is 76.3 Å². The third-order valence-electron chi connectivity index (χ3n) is 6.18. The predicted octanol–water partition coefficient (Wildman–Crippen LogP) is 4.69. The van der Waals surface area contributed by atoms with Crippen LogP contribution in [0.1, 0.15) is 23.7 Å². The first kappa shape index (κ1) is 17.9. The normalized spacial score (nSPS) is 15.5. The van der Waals surface area contributed by atoms with Crippen LogP contribution >= 0.6 is 0 Å². The van der Waals surface area contributed by atoms with Crippen molar-refractivity contribution >= 4 is 16.6 Å². The number of aromatic amines is 1. The van der Waals surface area contributed by atoms with Gasteiger partial charge in [-0.15, -0.1) is 5.10 Å². The molecule has 2 aromatic carbocycles. The molecule has 1 aliphatic heterocycles. The molecule has 5 aromatic rings. The summed E-state index contributed by atoms with van der Waals surface area (Å²) in [7, 11) is 1.95. The molecule has 1 atom stereocenters. The lowest BCUT2D eigenvalue weighted by molar-refractivity contribution is 0.539. The first-order chi connectivity index (χ1) is 15.2. The molecule has 0 fully saturated rings. The fraction of sp³-hybridized carbons (Fsp3) is 0.208. The fourth-order valence-corrected chi connectivity index (χ4v) is 4.66. The van der Waals surface area contributed by atoms with Gasteiger partial charge in [0.2, 0.25) is 0 Å². The van der Waals surface area contributed by atoms with E-state index in [-0.39, 0.29) is 6.04 Å². The molecular formula is C24H23N7. The van der Waals surface area contributed by atoms with Crippen molar-refractivity contribution in [3.8, 4) is 22.4 Å². The van der Waals surface area contributed by atoms with Crippen molar-refractivity contribution in [3.63, 3.8) is 0 Å². The van der Waals surface area contributed by atoms with Gasteiger partial charge in [-0.1, -0.05) is 23.4 Å². The van der Waals surface area contributed by atoms with Crippen LogP contribution in [0, 0.1) is 6.92 Å². The monoisotopic (exact) mass is 409 g/mol. The molecule has 0 amide bonds. The van der Waals surface area contributed by atoms with Crippen molar-refractivity contribution in [3.05, 3.63) is 72.3 Å². The molecular weight excluding hydrogens is 386 g/mol. The van der Waals surface area contributed by atoms with Gasteiger partial charge in [0.1, 0.15) is 0 Å². The van der Waals surface area contributed by atoms with Crippen LogP contribution in [0.2, 0.25) is 0 Å². The van der Waals surface area contributed by atoms with Gasteiger partial charge >= 0.3 is 0 Å². The van der Waals surface area contributed by atoms with Gasteiger partial charge in [0.15, 0.2) is 0 Å². The van der Waals surface area contributed by atoms with Gasteiger partial charge in [0.25, 0.3) is 0 Å². The minimum absolute atomic E-state index is 0.147. The Morgan fingerprint density at radius 2 is 2.06 bits per heavy atom. The van der Waals surface area contributed by atoms with Gasteiger partial charge in [-0.05, 0) is 48.7 Å². The van der Waals surface area contributed by atoms with Crippen LogP contribution in [0.25, 0.3) is 33.3 Å². The molecule has 0 bridgehead atoms. The van der Waals surface area contributed by atoms with E-state index in [9.17, 15) is 0 Å². The SMILES string of the molecule is Cc1nnn2c1-c1ccc(-c3cnn(C)c3)cc1C(Nc1cccc3[nH]ccc13)CC2. The minimum atomic E-state index is 0.147. The smallest absolute Gasteiger partial charge is 0.0918 e. The fourth-order valence-electron chi connectivity index (χ4n) is 4.66. The molecule has 7 heteroatoms. The van der Waals surface area contributed by atoms with E-state index in [0.29, 0.717) is 0 Å². The van der Waals surface area contributed by atoms with E-state index in [0.717, 1.165) is 46.7 Å². The molecule has 31 heavy (non-hydrogen) atoms. The Morgan fingerprint density at radius 1 is 1.13 bits per heavy atom. The number of rotatable bonds is 3. The Labute approximate surface area is 179 Å². The van der Waals surface area contributed by atoms with E-state index in [4.69, 9.17) is 0 Å². The molecule has 0 saturated carbocycles. The van der Waals surface area contributed by atoms with Gasteiger partial charge in [0.05, 0.1) is 23.6 Å². The van der Waals surface area contributed by atoms with E-state index in [1.165, 1.54) is 16.5 Å². The molecule has 0 aliphatic carbocycles. The molecule has 3 aromatic heterocycles. The van der Waals surface area contributed by atoms with Crippen LogP contribution in [-0.2, 0) is 13.6 Å². The van der Waals surface area contributed by atoms with Crippen LogP contribution in [0.5, 0.6) is 0 Å². The number of H-pyrrole nitrogens is 1. The summed E-state index contributed by atoms with van der Waals surface area (Å²) in [4.78, 5) is 3.31. The number of aromatic nitrogens is 6. The van der Waals surface area contributed by atoms with Crippen molar-refractivity contribution < 1.29 is 0 Å². The summed E-state index contributed by atoms with van der Waals surface area (Å²) in [6, 6.07) is 15.3. The number of hydrogen-bond acceptors (Lipinski definition) is 4. The Kier molecular flexibility index (Phi) is 3.96. The van der Waals surface area contributed by atoms with E-state index in [2.05, 4.69) is 74.4 Å². The first-order valence-electron chi connectivity index (χ1n) is 10.5. The second-order valence-electron chi connectivity index (χ2n) is 8.18. The summed E-state index contributed by atoms with van der Waals surface area (Å²) >= 11 is 0. The molecule has 7 nitrogen and oxygen atoms in total. The van der Waals surface area contributed by atoms with Crippen LogP contribution in [0.4, 0.5) is 5.69 Å². The largest absolute Gasteiger partial charge is 0.378 e. The molecule has 0 saturated heterocycles. The Bertz CT molecular complexity index is 1400. The highest BCUT2D eigenvalue weighted by atomic mass is 15.4. The zero-order valence-corrected chi connectivity index (χ0v) is 17.5. The summed E-state index contributed by atoms with van der Waals surface area (Å²) in [6.07, 6.45) is 6.87. The maximum absolute atomic E-state index is 4.40. The van der Waals surface area contributed by atoms with Gasteiger partial charge in [-0.2, -0.15) is 5.10 Å². The van der Waals surface area contributed by atoms with Gasteiger partial charge in [0, 0.05) is 53.7 Å². The molecule has 154 valence electrons. The lowest BCUT2D eigenvalue weighted by atomic mass is 9.93. The van der Waals surface area contributed by atoms with Gasteiger partial charge in [-0.25, -0.2) is 4.68 Å². The van der Waals surface area contributed by atoms with Crippen LogP contribution < -0.4 is 5.32 Å². The quantitative estimate of drug-likeness (QED) is 0.453. The van der Waals surface area contributed by atoms with E-state index >= 15 is 0 Å². The molecule has 2 N–H and O–H groups in total. The van der Waals surface area contributed by atoms with E-state index in [1.807, 2.05) is 35.7 Å². The molecule has 6 rings (SSSR count). The Hall–Kier alpha value is -3.87. The third-order valence-corrected chi connectivity index (χ3v) is 6.18. The predicted molar refractivity (Wildman–Crippen MR) is 122 cm³/mol. The molecule has 0 radical (unpaired) electrons. The summed E-state index contributed by atoms with van der Waals surface area (Å²) in [5.41, 5.74) is 9.07. The summed E-state index contributed by atoms with van der Waals surface area (Å²) in [6.45, 7) is 2.85. The van der Waals surface area contributed by atoms with Crippen molar-refractivity contribution in [2.75, 3.05) is 5.32 Å². The average molecular weight is 409 g/mol. The number of anilines is 1.